The third-order valence-electron chi connectivity index (χ3n) is 4.10. The van der Waals surface area contributed by atoms with Gasteiger partial charge in [0, 0.05) is 10.8 Å². The van der Waals surface area contributed by atoms with Crippen LogP contribution < -0.4 is 3.11 Å². The Bertz CT molecular complexity index is 1090. The lowest BCUT2D eigenvalue weighted by molar-refractivity contribution is 0.668. The molecule has 3 nitrogen and oxygen atoms in total. The van der Waals surface area contributed by atoms with E-state index in [1.807, 2.05) is 30.3 Å². The molecule has 0 saturated carbocycles. The van der Waals surface area contributed by atoms with Crippen LogP contribution in [0.3, 0.4) is 0 Å². The molecule has 0 radical (unpaired) electrons. The Morgan fingerprint density at radius 3 is 2.29 bits per heavy atom. The quantitative estimate of drug-likeness (QED) is 0.282. The van der Waals surface area contributed by atoms with Gasteiger partial charge in [0.15, 0.2) is 11.2 Å². The molecule has 0 fully saturated rings. The van der Waals surface area contributed by atoms with Crippen LogP contribution in [0.15, 0.2) is 65.1 Å². The Labute approximate surface area is 153 Å². The molecule has 0 bridgehead atoms. The molecule has 4 heteroatoms. The topological polar surface area (TPSA) is 40.2 Å². The van der Waals surface area contributed by atoms with E-state index in [0.717, 1.165) is 27.7 Å². The molecule has 0 atom stereocenters. The zero-order chi connectivity index (χ0) is 16.7. The van der Waals surface area contributed by atoms with Crippen LogP contribution in [-0.2, 0) is 0 Å². The summed E-state index contributed by atoms with van der Waals surface area (Å²) in [5.74, 6) is 0. The first kappa shape index (κ1) is 15.0. The van der Waals surface area contributed by atoms with Gasteiger partial charge >= 0.3 is 0 Å². The van der Waals surface area contributed by atoms with Crippen molar-refractivity contribution in [2.45, 2.75) is 6.92 Å². The molecule has 0 spiro atoms. The number of hydrogen-bond acceptors (Lipinski definition) is 3. The minimum absolute atomic E-state index is 0.560. The fraction of sp³-hybridized carbons (Fsp3) is 0.0500. The van der Waals surface area contributed by atoms with Gasteiger partial charge in [-0.1, -0.05) is 42.0 Å². The van der Waals surface area contributed by atoms with Gasteiger partial charge in [-0.2, -0.15) is 5.26 Å². The van der Waals surface area contributed by atoms with E-state index in [1.165, 1.54) is 5.56 Å². The zero-order valence-electron chi connectivity index (χ0n) is 13.0. The van der Waals surface area contributed by atoms with Crippen molar-refractivity contribution >= 4 is 56.2 Å². The second kappa shape index (κ2) is 5.84. The highest BCUT2D eigenvalue weighted by molar-refractivity contribution is 14.1. The molecule has 3 aromatic carbocycles. The first-order chi connectivity index (χ1) is 11.7. The van der Waals surface area contributed by atoms with Crippen molar-refractivity contribution < 1.29 is 4.42 Å². The van der Waals surface area contributed by atoms with E-state index in [4.69, 9.17) is 4.42 Å². The first-order valence-electron chi connectivity index (χ1n) is 7.56. The average molecular weight is 424 g/mol. The predicted molar refractivity (Wildman–Crippen MR) is 106 cm³/mol. The number of nitriles is 1. The molecule has 0 aliphatic rings. The summed E-state index contributed by atoms with van der Waals surface area (Å²) < 4.78 is 8.18. The smallest absolute Gasteiger partial charge is 0.159 e. The van der Waals surface area contributed by atoms with Crippen LogP contribution in [0.5, 0.6) is 0 Å². The van der Waals surface area contributed by atoms with Crippen LogP contribution >= 0.6 is 22.9 Å². The first-order valence-corrected chi connectivity index (χ1v) is 8.52. The average Bonchev–Trinajstić information content (AvgIpc) is 3.00. The van der Waals surface area contributed by atoms with Crippen molar-refractivity contribution in [2.24, 2.45) is 0 Å². The standard InChI is InChI=1S/C20H13IN2O/c1-13-8-10-15(11-9-13)23(21)18-7-3-6-17-16-5-2-4-14(12-22)19(16)24-20(17)18/h2-11H,1H3. The lowest BCUT2D eigenvalue weighted by Crippen LogP contribution is -2.00. The van der Waals surface area contributed by atoms with Crippen molar-refractivity contribution in [2.75, 3.05) is 3.11 Å². The van der Waals surface area contributed by atoms with Gasteiger partial charge in [0.2, 0.25) is 0 Å². The molecule has 24 heavy (non-hydrogen) atoms. The second-order valence-corrected chi connectivity index (χ2v) is 6.63. The summed E-state index contributed by atoms with van der Waals surface area (Å²) in [5.41, 5.74) is 5.28. The highest BCUT2D eigenvalue weighted by atomic mass is 127. The lowest BCUT2D eigenvalue weighted by atomic mass is 10.1. The maximum absolute atomic E-state index is 9.32. The lowest BCUT2D eigenvalue weighted by Gasteiger charge is -2.17. The third-order valence-corrected chi connectivity index (χ3v) is 5.17. The van der Waals surface area contributed by atoms with Gasteiger partial charge in [-0.15, -0.1) is 0 Å². The molecular weight excluding hydrogens is 411 g/mol. The Balaban J connectivity index is 1.96. The van der Waals surface area contributed by atoms with Crippen LogP contribution in [0.2, 0.25) is 0 Å². The van der Waals surface area contributed by atoms with Crippen LogP contribution in [0.4, 0.5) is 11.4 Å². The Morgan fingerprint density at radius 2 is 1.58 bits per heavy atom. The molecule has 4 rings (SSSR count). The monoisotopic (exact) mass is 424 g/mol. The van der Waals surface area contributed by atoms with Gasteiger partial charge in [-0.05, 0) is 31.2 Å². The van der Waals surface area contributed by atoms with Crippen molar-refractivity contribution in [1.29, 1.82) is 5.26 Å². The number of fused-ring (bicyclic) bond motifs is 3. The highest BCUT2D eigenvalue weighted by Gasteiger charge is 2.16. The Hall–Kier alpha value is -2.52. The number of furan rings is 1. The predicted octanol–water partition coefficient (Wildman–Crippen LogP) is 6.25. The maximum Gasteiger partial charge on any atom is 0.159 e. The summed E-state index contributed by atoms with van der Waals surface area (Å²) in [6, 6.07) is 22.3. The number of aryl methyl sites for hydroxylation is 1. The molecule has 0 aliphatic carbocycles. The summed E-state index contributed by atoms with van der Waals surface area (Å²) in [5, 5.41) is 11.3. The fourth-order valence-corrected chi connectivity index (χ4v) is 3.56. The number of anilines is 2. The largest absolute Gasteiger partial charge is 0.452 e. The number of rotatable bonds is 2. The van der Waals surface area contributed by atoms with E-state index in [0.29, 0.717) is 11.1 Å². The highest BCUT2D eigenvalue weighted by Crippen LogP contribution is 2.40. The molecule has 0 saturated heterocycles. The van der Waals surface area contributed by atoms with E-state index in [9.17, 15) is 5.26 Å². The van der Waals surface area contributed by atoms with Gasteiger partial charge in [0.25, 0.3) is 0 Å². The number of para-hydroxylation sites is 2. The minimum Gasteiger partial charge on any atom is -0.452 e. The number of halogens is 1. The van der Waals surface area contributed by atoms with E-state index >= 15 is 0 Å². The summed E-state index contributed by atoms with van der Waals surface area (Å²) in [6.07, 6.45) is 0. The van der Waals surface area contributed by atoms with Crippen LogP contribution in [0.1, 0.15) is 11.1 Å². The van der Waals surface area contributed by atoms with Gasteiger partial charge in [0.1, 0.15) is 6.07 Å². The van der Waals surface area contributed by atoms with Crippen LogP contribution in [-0.4, -0.2) is 0 Å². The van der Waals surface area contributed by atoms with Crippen molar-refractivity contribution in [3.05, 3.63) is 71.8 Å². The summed E-state index contributed by atoms with van der Waals surface area (Å²) in [7, 11) is 0. The third kappa shape index (κ3) is 2.33. The van der Waals surface area contributed by atoms with Gasteiger partial charge < -0.3 is 4.42 Å². The van der Waals surface area contributed by atoms with Crippen molar-refractivity contribution in [3.63, 3.8) is 0 Å². The van der Waals surface area contributed by atoms with Gasteiger partial charge in [-0.25, -0.2) is 0 Å². The molecule has 4 aromatic rings. The molecule has 1 heterocycles. The number of benzene rings is 3. The van der Waals surface area contributed by atoms with E-state index in [2.05, 4.69) is 63.2 Å². The van der Waals surface area contributed by atoms with E-state index in [1.54, 1.807) is 6.07 Å². The van der Waals surface area contributed by atoms with Crippen LogP contribution in [0.25, 0.3) is 21.9 Å². The molecule has 0 amide bonds. The second-order valence-electron chi connectivity index (χ2n) is 5.67. The minimum atomic E-state index is 0.560. The summed E-state index contributed by atoms with van der Waals surface area (Å²) in [6.45, 7) is 2.07. The molecule has 1 aromatic heterocycles. The van der Waals surface area contributed by atoms with Crippen LogP contribution in [0, 0.1) is 18.3 Å². The Morgan fingerprint density at radius 1 is 0.917 bits per heavy atom. The number of nitrogens with zero attached hydrogens (tertiary/aromatic N) is 2. The SMILES string of the molecule is Cc1ccc(N(I)c2cccc3c2oc2c(C#N)cccc23)cc1. The van der Waals surface area contributed by atoms with Gasteiger partial charge in [-0.3, -0.25) is 3.11 Å². The molecule has 0 N–H and O–H groups in total. The zero-order valence-corrected chi connectivity index (χ0v) is 15.1. The van der Waals surface area contributed by atoms with E-state index < -0.39 is 0 Å². The summed E-state index contributed by atoms with van der Waals surface area (Å²) in [4.78, 5) is 0. The molecule has 0 aliphatic heterocycles. The molecule has 116 valence electrons. The van der Waals surface area contributed by atoms with E-state index in [-0.39, 0.29) is 0 Å². The van der Waals surface area contributed by atoms with Crippen molar-refractivity contribution in [3.8, 4) is 6.07 Å². The maximum atomic E-state index is 9.32. The fourth-order valence-electron chi connectivity index (χ4n) is 2.86. The number of hydrogen-bond donors (Lipinski definition) is 0. The molecular formula is C20H13IN2O. The van der Waals surface area contributed by atoms with Gasteiger partial charge in [0.05, 0.1) is 39.8 Å². The normalized spacial score (nSPS) is 10.9. The van der Waals surface area contributed by atoms with Crippen molar-refractivity contribution in [1.82, 2.24) is 0 Å². The molecule has 0 unspecified atom stereocenters. The summed E-state index contributed by atoms with van der Waals surface area (Å²) >= 11 is 2.28. The Kier molecular flexibility index (Phi) is 3.66.